The van der Waals surface area contributed by atoms with Crippen molar-refractivity contribution < 1.29 is 8.78 Å². The molecule has 0 radical (unpaired) electrons. The number of halogens is 2. The van der Waals surface area contributed by atoms with Crippen molar-refractivity contribution in [2.24, 2.45) is 0 Å². The van der Waals surface area contributed by atoms with Gasteiger partial charge in [-0.3, -0.25) is 0 Å². The van der Waals surface area contributed by atoms with E-state index in [1.165, 1.54) is 6.07 Å². The highest BCUT2D eigenvalue weighted by molar-refractivity contribution is 5.81. The van der Waals surface area contributed by atoms with Crippen LogP contribution in [0.5, 0.6) is 0 Å². The minimum Gasteiger partial charge on any atom is -0.355 e. The van der Waals surface area contributed by atoms with E-state index in [0.717, 1.165) is 24.7 Å². The zero-order chi connectivity index (χ0) is 11.5. The average Bonchev–Trinajstić information content (AvgIpc) is 2.61. The predicted octanol–water partition coefficient (Wildman–Crippen LogP) is 2.95. The zero-order valence-corrected chi connectivity index (χ0v) is 9.11. The molecule has 0 amide bonds. The van der Waals surface area contributed by atoms with E-state index in [9.17, 15) is 8.78 Å². The molecular formula is C12H14F2N2. The van der Waals surface area contributed by atoms with Crippen LogP contribution >= 0.6 is 0 Å². The van der Waals surface area contributed by atoms with Crippen molar-refractivity contribution in [3.8, 4) is 0 Å². The molecule has 1 aromatic heterocycles. The second-order valence-corrected chi connectivity index (χ2v) is 3.82. The van der Waals surface area contributed by atoms with Crippen molar-refractivity contribution in [2.75, 3.05) is 6.54 Å². The monoisotopic (exact) mass is 224 g/mol. The predicted molar refractivity (Wildman–Crippen MR) is 60.2 cm³/mol. The number of H-pyrrole nitrogens is 1. The highest BCUT2D eigenvalue weighted by Gasteiger charge is 2.07. The van der Waals surface area contributed by atoms with E-state index in [2.05, 4.69) is 17.2 Å². The van der Waals surface area contributed by atoms with Gasteiger partial charge in [-0.25, -0.2) is 8.78 Å². The fourth-order valence-electron chi connectivity index (χ4n) is 1.72. The molecule has 2 N–H and O–H groups in total. The molecular weight excluding hydrogens is 210 g/mol. The molecule has 0 unspecified atom stereocenters. The normalized spacial score (nSPS) is 11.2. The van der Waals surface area contributed by atoms with Crippen LogP contribution < -0.4 is 5.32 Å². The van der Waals surface area contributed by atoms with E-state index in [1.807, 2.05) is 0 Å². The van der Waals surface area contributed by atoms with Crippen molar-refractivity contribution in [2.45, 2.75) is 19.9 Å². The Hall–Kier alpha value is -1.42. The molecule has 1 aromatic carbocycles. The number of fused-ring (bicyclic) bond motifs is 1. The molecule has 0 bridgehead atoms. The van der Waals surface area contributed by atoms with Gasteiger partial charge < -0.3 is 10.3 Å². The van der Waals surface area contributed by atoms with Gasteiger partial charge >= 0.3 is 0 Å². The lowest BCUT2D eigenvalue weighted by Crippen LogP contribution is -2.13. The van der Waals surface area contributed by atoms with Crippen LogP contribution in [0, 0.1) is 11.6 Å². The van der Waals surface area contributed by atoms with E-state index in [1.54, 1.807) is 6.07 Å². The molecule has 0 aliphatic heterocycles. The molecule has 0 saturated heterocycles. The molecule has 16 heavy (non-hydrogen) atoms. The van der Waals surface area contributed by atoms with Crippen LogP contribution in [0.25, 0.3) is 10.9 Å². The molecule has 86 valence electrons. The Kier molecular flexibility index (Phi) is 3.19. The summed E-state index contributed by atoms with van der Waals surface area (Å²) in [7, 11) is 0. The number of aromatic amines is 1. The summed E-state index contributed by atoms with van der Waals surface area (Å²) in [6.07, 6.45) is 1.04. The summed E-state index contributed by atoms with van der Waals surface area (Å²) in [6, 6.07) is 3.99. The summed E-state index contributed by atoms with van der Waals surface area (Å²) in [5.74, 6) is -1.09. The van der Waals surface area contributed by atoms with Crippen LogP contribution in [0.15, 0.2) is 18.2 Å². The van der Waals surface area contributed by atoms with Crippen molar-refractivity contribution in [1.29, 1.82) is 0 Å². The summed E-state index contributed by atoms with van der Waals surface area (Å²) in [5.41, 5.74) is 1.24. The second-order valence-electron chi connectivity index (χ2n) is 3.82. The van der Waals surface area contributed by atoms with Crippen LogP contribution in [0.1, 0.15) is 19.0 Å². The Labute approximate surface area is 92.7 Å². The number of hydrogen-bond donors (Lipinski definition) is 2. The Morgan fingerprint density at radius 2 is 2.06 bits per heavy atom. The van der Waals surface area contributed by atoms with Crippen molar-refractivity contribution in [3.05, 3.63) is 35.5 Å². The third kappa shape index (κ3) is 2.22. The van der Waals surface area contributed by atoms with Gasteiger partial charge in [0, 0.05) is 23.7 Å². The van der Waals surface area contributed by atoms with Gasteiger partial charge in [0.2, 0.25) is 0 Å². The molecule has 4 heteroatoms. The summed E-state index contributed by atoms with van der Waals surface area (Å²) in [6.45, 7) is 3.63. The maximum absolute atomic E-state index is 13.4. The highest BCUT2D eigenvalue weighted by Crippen LogP contribution is 2.20. The van der Waals surface area contributed by atoms with Crippen LogP contribution in [0.3, 0.4) is 0 Å². The quantitative estimate of drug-likeness (QED) is 0.768. The largest absolute Gasteiger partial charge is 0.355 e. The van der Waals surface area contributed by atoms with Gasteiger partial charge in [-0.05, 0) is 25.1 Å². The maximum Gasteiger partial charge on any atom is 0.150 e. The van der Waals surface area contributed by atoms with Crippen molar-refractivity contribution >= 4 is 10.9 Å². The van der Waals surface area contributed by atoms with Crippen molar-refractivity contribution in [1.82, 2.24) is 10.3 Å². The summed E-state index contributed by atoms with van der Waals surface area (Å²) >= 11 is 0. The molecule has 2 rings (SSSR count). The molecule has 0 atom stereocenters. The molecule has 2 nitrogen and oxygen atoms in total. The molecule has 0 aliphatic rings. The highest BCUT2D eigenvalue weighted by atomic mass is 19.1. The molecule has 2 aromatic rings. The smallest absolute Gasteiger partial charge is 0.150 e. The fraction of sp³-hybridized carbons (Fsp3) is 0.333. The van der Waals surface area contributed by atoms with Crippen LogP contribution in [0.4, 0.5) is 8.78 Å². The van der Waals surface area contributed by atoms with Gasteiger partial charge in [0.25, 0.3) is 0 Å². The standard InChI is InChI=1S/C12H14F2N2/c1-2-3-15-7-10-5-8-4-9(13)6-11(14)12(8)16-10/h4-6,15-16H,2-3,7H2,1H3. The first kappa shape index (κ1) is 11.1. The Morgan fingerprint density at radius 3 is 2.81 bits per heavy atom. The minimum atomic E-state index is -0.545. The zero-order valence-electron chi connectivity index (χ0n) is 9.11. The topological polar surface area (TPSA) is 27.8 Å². The third-order valence-corrected chi connectivity index (χ3v) is 2.44. The van der Waals surface area contributed by atoms with Gasteiger partial charge in [-0.2, -0.15) is 0 Å². The van der Waals surface area contributed by atoms with E-state index in [-0.39, 0.29) is 0 Å². The first-order valence-electron chi connectivity index (χ1n) is 5.38. The summed E-state index contributed by atoms with van der Waals surface area (Å²) < 4.78 is 26.3. The Balaban J connectivity index is 2.26. The van der Waals surface area contributed by atoms with Gasteiger partial charge in [0.05, 0.1) is 5.52 Å². The van der Waals surface area contributed by atoms with E-state index >= 15 is 0 Å². The molecule has 0 saturated carbocycles. The summed E-state index contributed by atoms with van der Waals surface area (Å²) in [4.78, 5) is 2.95. The van der Waals surface area contributed by atoms with Gasteiger partial charge in [-0.15, -0.1) is 0 Å². The van der Waals surface area contributed by atoms with Crippen LogP contribution in [0.2, 0.25) is 0 Å². The van der Waals surface area contributed by atoms with E-state index in [0.29, 0.717) is 17.4 Å². The van der Waals surface area contributed by atoms with Gasteiger partial charge in [0.1, 0.15) is 11.6 Å². The lowest BCUT2D eigenvalue weighted by molar-refractivity contribution is 0.590. The van der Waals surface area contributed by atoms with E-state index in [4.69, 9.17) is 0 Å². The number of rotatable bonds is 4. The Bertz CT molecular complexity index is 491. The van der Waals surface area contributed by atoms with Crippen LogP contribution in [-0.2, 0) is 6.54 Å². The van der Waals surface area contributed by atoms with Gasteiger partial charge in [0.15, 0.2) is 0 Å². The second kappa shape index (κ2) is 4.61. The Morgan fingerprint density at radius 1 is 1.25 bits per heavy atom. The third-order valence-electron chi connectivity index (χ3n) is 2.44. The average molecular weight is 224 g/mol. The molecule has 0 aliphatic carbocycles. The number of hydrogen-bond acceptors (Lipinski definition) is 1. The van der Waals surface area contributed by atoms with Crippen LogP contribution in [-0.4, -0.2) is 11.5 Å². The minimum absolute atomic E-state index is 0.370. The first-order chi connectivity index (χ1) is 7.70. The lowest BCUT2D eigenvalue weighted by Gasteiger charge is -1.99. The summed E-state index contributed by atoms with van der Waals surface area (Å²) in [5, 5.41) is 3.77. The molecule has 0 fully saturated rings. The molecule has 1 heterocycles. The van der Waals surface area contributed by atoms with E-state index < -0.39 is 11.6 Å². The number of aromatic nitrogens is 1. The maximum atomic E-state index is 13.4. The fourth-order valence-corrected chi connectivity index (χ4v) is 1.72. The number of nitrogens with one attached hydrogen (secondary N) is 2. The first-order valence-corrected chi connectivity index (χ1v) is 5.38. The lowest BCUT2D eigenvalue weighted by atomic mass is 10.2. The SMILES string of the molecule is CCCNCc1cc2cc(F)cc(F)c2[nH]1. The van der Waals surface area contributed by atoms with Crippen molar-refractivity contribution in [3.63, 3.8) is 0 Å². The number of benzene rings is 1. The van der Waals surface area contributed by atoms with Gasteiger partial charge in [-0.1, -0.05) is 6.92 Å². The molecule has 0 spiro atoms.